The summed E-state index contributed by atoms with van der Waals surface area (Å²) in [5.74, 6) is 0. The minimum atomic E-state index is -4.82. The third kappa shape index (κ3) is 3.49. The highest BCUT2D eigenvalue weighted by molar-refractivity contribution is 5.35. The molecule has 1 unspecified atom stereocenters. The van der Waals surface area contributed by atoms with Crippen molar-refractivity contribution >= 4 is 0 Å². The van der Waals surface area contributed by atoms with Gasteiger partial charge in [-0.05, 0) is 30.7 Å². The lowest BCUT2D eigenvalue weighted by molar-refractivity contribution is -0.143. The third-order valence-electron chi connectivity index (χ3n) is 3.58. The number of hydrogen-bond acceptors (Lipinski definition) is 2. The molecule has 0 aliphatic carbocycles. The highest BCUT2D eigenvalue weighted by Crippen LogP contribution is 2.38. The average Bonchev–Trinajstić information content (AvgIpc) is 2.31. The summed E-state index contributed by atoms with van der Waals surface area (Å²) in [6.45, 7) is 2.49. The van der Waals surface area contributed by atoms with Crippen molar-refractivity contribution in [3.8, 4) is 0 Å². The second-order valence-electron chi connectivity index (χ2n) is 5.23. The lowest BCUT2D eigenvalue weighted by atomic mass is 9.96. The molecule has 0 spiro atoms. The molecule has 8 heteroatoms. The minimum absolute atomic E-state index is 0.0101. The summed E-state index contributed by atoms with van der Waals surface area (Å²) < 4.78 is 76.5. The predicted octanol–water partition coefficient (Wildman–Crippen LogP) is 3.43. The highest BCUT2D eigenvalue weighted by atomic mass is 19.4. The molecule has 1 aromatic carbocycles. The van der Waals surface area contributed by atoms with Crippen LogP contribution in [0.1, 0.15) is 29.7 Å². The Kier molecular flexibility index (Phi) is 3.96. The lowest BCUT2D eigenvalue weighted by Gasteiger charge is -2.41. The molecule has 2 N–H and O–H groups in total. The van der Waals surface area contributed by atoms with Crippen LogP contribution in [0.4, 0.5) is 26.3 Å². The van der Waals surface area contributed by atoms with Gasteiger partial charge in [-0.25, -0.2) is 0 Å². The summed E-state index contributed by atoms with van der Waals surface area (Å²) in [6, 6.07) is 1.04. The normalized spacial score (nSPS) is 19.4. The fraction of sp³-hybridized carbons (Fsp3) is 0.538. The van der Waals surface area contributed by atoms with Gasteiger partial charge in [0.05, 0.1) is 11.1 Å². The third-order valence-corrected chi connectivity index (χ3v) is 3.58. The Morgan fingerprint density at radius 3 is 1.76 bits per heavy atom. The molecule has 0 amide bonds. The zero-order valence-corrected chi connectivity index (χ0v) is 11.1. The molecular weight excluding hydrogens is 298 g/mol. The van der Waals surface area contributed by atoms with Crippen molar-refractivity contribution < 1.29 is 26.3 Å². The Morgan fingerprint density at radius 2 is 1.43 bits per heavy atom. The molecule has 1 fully saturated rings. The summed E-state index contributed by atoms with van der Waals surface area (Å²) >= 11 is 0. The van der Waals surface area contributed by atoms with Crippen LogP contribution in [0.2, 0.25) is 0 Å². The van der Waals surface area contributed by atoms with E-state index in [-0.39, 0.29) is 17.7 Å². The molecule has 1 atom stereocenters. The predicted molar refractivity (Wildman–Crippen MR) is 64.4 cm³/mol. The van der Waals surface area contributed by atoms with E-state index in [4.69, 9.17) is 5.73 Å². The molecular formula is C13H14F6N2. The monoisotopic (exact) mass is 312 g/mol. The van der Waals surface area contributed by atoms with E-state index in [1.807, 2.05) is 0 Å². The molecule has 1 aliphatic rings. The molecule has 0 saturated carbocycles. The van der Waals surface area contributed by atoms with Crippen LogP contribution in [0, 0.1) is 0 Å². The van der Waals surface area contributed by atoms with E-state index in [1.165, 1.54) is 0 Å². The van der Waals surface area contributed by atoms with Crippen LogP contribution < -0.4 is 5.73 Å². The van der Waals surface area contributed by atoms with Crippen molar-refractivity contribution in [3.63, 3.8) is 0 Å². The van der Waals surface area contributed by atoms with E-state index in [1.54, 1.807) is 11.8 Å². The van der Waals surface area contributed by atoms with Crippen LogP contribution in [0.15, 0.2) is 18.2 Å². The topological polar surface area (TPSA) is 29.3 Å². The molecule has 2 nitrogen and oxygen atoms in total. The first-order chi connectivity index (χ1) is 9.48. The van der Waals surface area contributed by atoms with Crippen LogP contribution in [0.3, 0.4) is 0 Å². The SMILES string of the molecule is CC(c1cc(C(F)(F)F)cc(C(F)(F)F)c1)N1CC(N)C1. The van der Waals surface area contributed by atoms with E-state index < -0.39 is 29.5 Å². The van der Waals surface area contributed by atoms with Gasteiger partial charge in [0.15, 0.2) is 0 Å². The van der Waals surface area contributed by atoms with Crippen LogP contribution >= 0.6 is 0 Å². The van der Waals surface area contributed by atoms with Gasteiger partial charge in [-0.15, -0.1) is 0 Å². The van der Waals surface area contributed by atoms with E-state index in [9.17, 15) is 26.3 Å². The molecule has 1 aromatic rings. The number of nitrogens with two attached hydrogens (primary N) is 1. The smallest absolute Gasteiger partial charge is 0.325 e. The molecule has 1 heterocycles. The fourth-order valence-corrected chi connectivity index (χ4v) is 2.30. The second-order valence-corrected chi connectivity index (χ2v) is 5.23. The van der Waals surface area contributed by atoms with Gasteiger partial charge in [-0.2, -0.15) is 26.3 Å². The van der Waals surface area contributed by atoms with Gasteiger partial charge in [0, 0.05) is 25.2 Å². The van der Waals surface area contributed by atoms with Gasteiger partial charge in [-0.1, -0.05) is 0 Å². The molecule has 21 heavy (non-hydrogen) atoms. The summed E-state index contributed by atoms with van der Waals surface area (Å²) in [4.78, 5) is 1.74. The van der Waals surface area contributed by atoms with Crippen LogP contribution in [0.5, 0.6) is 0 Å². The maximum Gasteiger partial charge on any atom is 0.416 e. The Hall–Kier alpha value is -1.28. The number of nitrogens with zero attached hydrogens (tertiary/aromatic N) is 1. The zero-order chi connectivity index (χ0) is 16.0. The molecule has 118 valence electrons. The van der Waals surface area contributed by atoms with Crippen molar-refractivity contribution in [1.82, 2.24) is 4.90 Å². The number of alkyl halides is 6. The lowest BCUT2D eigenvalue weighted by Crippen LogP contribution is -2.56. The molecule has 1 aliphatic heterocycles. The first-order valence-electron chi connectivity index (χ1n) is 6.27. The highest BCUT2D eigenvalue weighted by Gasteiger charge is 2.38. The molecule has 0 radical (unpaired) electrons. The van der Waals surface area contributed by atoms with E-state index in [2.05, 4.69) is 0 Å². The summed E-state index contributed by atoms with van der Waals surface area (Å²) in [7, 11) is 0. The summed E-state index contributed by atoms with van der Waals surface area (Å²) in [5.41, 5.74) is 3.00. The van der Waals surface area contributed by atoms with Crippen molar-refractivity contribution in [1.29, 1.82) is 0 Å². The molecule has 2 rings (SSSR count). The quantitative estimate of drug-likeness (QED) is 0.848. The van der Waals surface area contributed by atoms with Crippen LogP contribution in [-0.2, 0) is 12.4 Å². The van der Waals surface area contributed by atoms with E-state index in [0.29, 0.717) is 13.1 Å². The Balaban J connectivity index is 2.40. The van der Waals surface area contributed by atoms with Gasteiger partial charge in [0.2, 0.25) is 0 Å². The van der Waals surface area contributed by atoms with Gasteiger partial charge >= 0.3 is 12.4 Å². The zero-order valence-electron chi connectivity index (χ0n) is 11.1. The number of hydrogen-bond donors (Lipinski definition) is 1. The largest absolute Gasteiger partial charge is 0.416 e. The molecule has 0 bridgehead atoms. The van der Waals surface area contributed by atoms with Gasteiger partial charge < -0.3 is 5.73 Å². The van der Waals surface area contributed by atoms with Crippen molar-refractivity contribution in [2.45, 2.75) is 31.4 Å². The molecule has 0 aromatic heterocycles. The maximum atomic E-state index is 12.8. The average molecular weight is 312 g/mol. The van der Waals surface area contributed by atoms with Crippen LogP contribution in [-0.4, -0.2) is 24.0 Å². The first kappa shape index (κ1) is 16.1. The number of likely N-dealkylation sites (tertiary alicyclic amines) is 1. The Morgan fingerprint density at radius 1 is 1.00 bits per heavy atom. The number of benzene rings is 1. The number of halogens is 6. The van der Waals surface area contributed by atoms with Gasteiger partial charge in [0.1, 0.15) is 0 Å². The van der Waals surface area contributed by atoms with Crippen LogP contribution in [0.25, 0.3) is 0 Å². The van der Waals surface area contributed by atoms with Crippen molar-refractivity contribution in [2.75, 3.05) is 13.1 Å². The maximum absolute atomic E-state index is 12.8. The standard InChI is InChI=1S/C13H14F6N2/c1-7(21-5-11(20)6-21)8-2-9(12(14,15)16)4-10(3-8)13(17,18)19/h2-4,7,11H,5-6,20H2,1H3. The first-order valence-corrected chi connectivity index (χ1v) is 6.27. The van der Waals surface area contributed by atoms with Gasteiger partial charge in [0.25, 0.3) is 0 Å². The number of rotatable bonds is 2. The second kappa shape index (κ2) is 5.17. The van der Waals surface area contributed by atoms with E-state index >= 15 is 0 Å². The van der Waals surface area contributed by atoms with Crippen molar-refractivity contribution in [3.05, 3.63) is 34.9 Å². The van der Waals surface area contributed by atoms with E-state index in [0.717, 1.165) is 12.1 Å². The summed E-state index contributed by atoms with van der Waals surface area (Å²) in [5, 5.41) is 0. The Bertz CT molecular complexity index is 484. The molecule has 1 saturated heterocycles. The fourth-order valence-electron chi connectivity index (χ4n) is 2.30. The summed E-state index contributed by atoms with van der Waals surface area (Å²) in [6.07, 6.45) is -9.64. The minimum Gasteiger partial charge on any atom is -0.325 e. The van der Waals surface area contributed by atoms with Crippen molar-refractivity contribution in [2.24, 2.45) is 5.73 Å². The Labute approximate surface area is 117 Å². The van der Waals surface area contributed by atoms with Gasteiger partial charge in [-0.3, -0.25) is 4.90 Å².